The first-order valence-corrected chi connectivity index (χ1v) is 16.1. The molecule has 0 aliphatic carbocycles. The highest BCUT2D eigenvalue weighted by Gasteiger charge is 2.35. The summed E-state index contributed by atoms with van der Waals surface area (Å²) in [5, 5.41) is 9.31. The van der Waals surface area contributed by atoms with Gasteiger partial charge < -0.3 is 9.84 Å². The summed E-state index contributed by atoms with van der Waals surface area (Å²) in [5.74, 6) is 1.45. The van der Waals surface area contributed by atoms with Gasteiger partial charge in [0, 0.05) is 0 Å². The Morgan fingerprint density at radius 1 is 0.854 bits per heavy atom. The molecule has 0 radical (unpaired) electrons. The largest absolute Gasteiger partial charge is 0.488 e. The van der Waals surface area contributed by atoms with E-state index in [1.165, 1.54) is 35.1 Å². The molecule has 1 aliphatic heterocycles. The van der Waals surface area contributed by atoms with Crippen LogP contribution in [0.15, 0.2) is 30.3 Å². The second-order valence-corrected chi connectivity index (χ2v) is 15.8. The fourth-order valence-corrected chi connectivity index (χ4v) is 4.83. The SMILES string of the molecule is CC.CC(C)(C)C.CC1(C)CCC(C(C)(C)C)c2ccc(CO)cc2O1.CCC(C)(C)Cc1c(C)ccc(C)c1C. The Labute approximate surface area is 256 Å². The number of ether oxygens (including phenoxy) is 1. The van der Waals surface area contributed by atoms with Crippen molar-refractivity contribution in [3.05, 3.63) is 63.7 Å². The molecule has 3 rings (SSSR count). The highest BCUT2D eigenvalue weighted by molar-refractivity contribution is 5.42. The minimum Gasteiger partial charge on any atom is -0.488 e. The zero-order valence-corrected chi connectivity index (χ0v) is 30.4. The van der Waals surface area contributed by atoms with Crippen LogP contribution in [-0.2, 0) is 13.0 Å². The van der Waals surface area contributed by atoms with Gasteiger partial charge in [0.25, 0.3) is 0 Å². The van der Waals surface area contributed by atoms with Crippen LogP contribution in [0.5, 0.6) is 5.75 Å². The second kappa shape index (κ2) is 16.2. The van der Waals surface area contributed by atoms with E-state index in [4.69, 9.17) is 4.74 Å². The average molecular weight is 569 g/mol. The maximum Gasteiger partial charge on any atom is 0.123 e. The van der Waals surface area contributed by atoms with Crippen LogP contribution in [0, 0.1) is 37.0 Å². The summed E-state index contributed by atoms with van der Waals surface area (Å²) in [5.41, 5.74) is 9.12. The fraction of sp³-hybridized carbons (Fsp3) is 0.692. The molecule has 0 amide bonds. The lowest BCUT2D eigenvalue weighted by molar-refractivity contribution is 0.101. The highest BCUT2D eigenvalue weighted by atomic mass is 16.5. The average Bonchev–Trinajstić information content (AvgIpc) is 2.99. The van der Waals surface area contributed by atoms with Crippen LogP contribution in [0.1, 0.15) is 155 Å². The molecule has 2 aromatic carbocycles. The number of hydrogen-bond donors (Lipinski definition) is 1. The van der Waals surface area contributed by atoms with E-state index in [1.54, 1.807) is 5.56 Å². The van der Waals surface area contributed by atoms with E-state index in [1.807, 2.05) is 26.0 Å². The van der Waals surface area contributed by atoms with Crippen molar-refractivity contribution in [3.8, 4) is 5.75 Å². The third-order valence-corrected chi connectivity index (χ3v) is 7.82. The van der Waals surface area contributed by atoms with E-state index >= 15 is 0 Å². The lowest BCUT2D eigenvalue weighted by atomic mass is 9.73. The molecule has 0 saturated heterocycles. The maximum atomic E-state index is 9.31. The van der Waals surface area contributed by atoms with Crippen LogP contribution in [-0.4, -0.2) is 10.7 Å². The molecule has 2 nitrogen and oxygen atoms in total. The van der Waals surface area contributed by atoms with Gasteiger partial charge in [0.2, 0.25) is 0 Å². The Bertz CT molecular complexity index is 1040. The van der Waals surface area contributed by atoms with Crippen molar-refractivity contribution >= 4 is 0 Å². The van der Waals surface area contributed by atoms with E-state index in [0.717, 1.165) is 24.2 Å². The summed E-state index contributed by atoms with van der Waals surface area (Å²) in [7, 11) is 0. The molecule has 236 valence electrons. The molecule has 0 aromatic heterocycles. The van der Waals surface area contributed by atoms with E-state index in [2.05, 4.69) is 122 Å². The van der Waals surface area contributed by atoms with Gasteiger partial charge in [-0.15, -0.1) is 0 Å². The number of hydrogen-bond acceptors (Lipinski definition) is 2. The fourth-order valence-electron chi connectivity index (χ4n) is 4.83. The zero-order valence-electron chi connectivity index (χ0n) is 30.4. The summed E-state index contributed by atoms with van der Waals surface area (Å²) in [6.45, 7) is 37.7. The minimum absolute atomic E-state index is 0.0667. The Hall–Kier alpha value is -1.80. The summed E-state index contributed by atoms with van der Waals surface area (Å²) in [6.07, 6.45) is 4.63. The van der Waals surface area contributed by atoms with Gasteiger partial charge >= 0.3 is 0 Å². The van der Waals surface area contributed by atoms with Crippen LogP contribution in [0.3, 0.4) is 0 Å². The summed E-state index contributed by atoms with van der Waals surface area (Å²) in [6, 6.07) is 10.6. The maximum absolute atomic E-state index is 9.31. The predicted molar refractivity (Wildman–Crippen MR) is 183 cm³/mol. The number of aliphatic hydroxyl groups excluding tert-OH is 1. The molecule has 1 unspecified atom stereocenters. The van der Waals surface area contributed by atoms with Crippen molar-refractivity contribution < 1.29 is 9.84 Å². The summed E-state index contributed by atoms with van der Waals surface area (Å²) in [4.78, 5) is 0. The van der Waals surface area contributed by atoms with E-state index in [9.17, 15) is 5.11 Å². The first-order chi connectivity index (χ1) is 18.6. The zero-order chi connectivity index (χ0) is 32.4. The van der Waals surface area contributed by atoms with Crippen molar-refractivity contribution in [2.45, 2.75) is 162 Å². The van der Waals surface area contributed by atoms with Gasteiger partial charge in [-0.3, -0.25) is 0 Å². The van der Waals surface area contributed by atoms with Gasteiger partial charge in [-0.05, 0) is 115 Å². The van der Waals surface area contributed by atoms with E-state index < -0.39 is 0 Å². The predicted octanol–water partition coefficient (Wildman–Crippen LogP) is 11.9. The van der Waals surface area contributed by atoms with Gasteiger partial charge in [-0.1, -0.05) is 114 Å². The lowest BCUT2D eigenvalue weighted by Gasteiger charge is -2.30. The molecule has 1 atom stereocenters. The van der Waals surface area contributed by atoms with Gasteiger partial charge in [0.05, 0.1) is 6.61 Å². The number of fused-ring (bicyclic) bond motifs is 1. The first kappa shape index (κ1) is 39.2. The van der Waals surface area contributed by atoms with Crippen LogP contribution in [0.25, 0.3) is 0 Å². The topological polar surface area (TPSA) is 29.5 Å². The standard InChI is InChI=1S/C17H26O2.C15H24.C5H12.C2H6/c1-16(2,3)14-8-9-17(4,5)19-15-10-12(11-18)6-7-13(14)15;1-7-15(5,6)10-14-12(3)9-8-11(2)13(14)4;1-5(2,3)4;1-2/h6-7,10,14,18H,8-9,11H2,1-5H3;8-9H,7,10H2,1-6H3;1-4H3;1-2H3. The van der Waals surface area contributed by atoms with Gasteiger partial charge in [-0.25, -0.2) is 0 Å². The monoisotopic (exact) mass is 569 g/mol. The summed E-state index contributed by atoms with van der Waals surface area (Å²) >= 11 is 0. The van der Waals surface area contributed by atoms with Crippen molar-refractivity contribution in [2.75, 3.05) is 0 Å². The van der Waals surface area contributed by atoms with Gasteiger partial charge in [-0.2, -0.15) is 0 Å². The van der Waals surface area contributed by atoms with Crippen molar-refractivity contribution in [2.24, 2.45) is 16.2 Å². The second-order valence-electron chi connectivity index (χ2n) is 15.8. The number of rotatable bonds is 4. The van der Waals surface area contributed by atoms with Crippen LogP contribution >= 0.6 is 0 Å². The van der Waals surface area contributed by atoms with Gasteiger partial charge in [0.15, 0.2) is 0 Å². The molecule has 0 spiro atoms. The Morgan fingerprint density at radius 3 is 1.83 bits per heavy atom. The summed E-state index contributed by atoms with van der Waals surface area (Å²) < 4.78 is 6.20. The number of aryl methyl sites for hydroxylation is 2. The highest BCUT2D eigenvalue weighted by Crippen LogP contribution is 2.47. The molecule has 1 N–H and O–H groups in total. The van der Waals surface area contributed by atoms with Crippen LogP contribution in [0.2, 0.25) is 0 Å². The molecule has 0 fully saturated rings. The molecule has 0 saturated carbocycles. The third kappa shape index (κ3) is 14.3. The Morgan fingerprint density at radius 2 is 1.37 bits per heavy atom. The normalized spacial score (nSPS) is 16.3. The molecule has 1 aliphatic rings. The van der Waals surface area contributed by atoms with Crippen molar-refractivity contribution in [1.29, 1.82) is 0 Å². The van der Waals surface area contributed by atoms with Crippen LogP contribution < -0.4 is 4.74 Å². The molecule has 2 heteroatoms. The smallest absolute Gasteiger partial charge is 0.123 e. The molecular formula is C39H68O2. The number of aliphatic hydroxyl groups is 1. The quantitative estimate of drug-likeness (QED) is 0.397. The van der Waals surface area contributed by atoms with Crippen LogP contribution in [0.4, 0.5) is 0 Å². The molecule has 1 heterocycles. The molecule has 41 heavy (non-hydrogen) atoms. The lowest BCUT2D eigenvalue weighted by Crippen LogP contribution is -2.27. The number of benzene rings is 2. The van der Waals surface area contributed by atoms with Crippen molar-refractivity contribution in [3.63, 3.8) is 0 Å². The van der Waals surface area contributed by atoms with Gasteiger partial charge in [0.1, 0.15) is 11.4 Å². The first-order valence-electron chi connectivity index (χ1n) is 16.1. The Kier molecular flexibility index (Phi) is 15.4. The van der Waals surface area contributed by atoms with Crippen molar-refractivity contribution in [1.82, 2.24) is 0 Å². The Balaban J connectivity index is 0.000000649. The minimum atomic E-state index is -0.136. The molecule has 2 aromatic rings. The van der Waals surface area contributed by atoms with E-state index in [0.29, 0.717) is 16.7 Å². The molecular weight excluding hydrogens is 500 g/mol. The van der Waals surface area contributed by atoms with E-state index in [-0.39, 0.29) is 17.6 Å². The molecule has 0 bridgehead atoms. The third-order valence-electron chi connectivity index (χ3n) is 7.82.